The van der Waals surface area contributed by atoms with E-state index in [1.54, 1.807) is 18.2 Å². The Kier molecular flexibility index (Phi) is 4.11. The van der Waals surface area contributed by atoms with Gasteiger partial charge in [-0.1, -0.05) is 0 Å². The molecule has 1 amide bonds. The van der Waals surface area contributed by atoms with Crippen LogP contribution < -0.4 is 21.3 Å². The molecule has 1 aromatic carbocycles. The van der Waals surface area contributed by atoms with Crippen molar-refractivity contribution in [3.8, 4) is 5.75 Å². The van der Waals surface area contributed by atoms with E-state index >= 15 is 0 Å². The second kappa shape index (κ2) is 5.98. The molecule has 7 heteroatoms. The highest BCUT2D eigenvalue weighted by molar-refractivity contribution is 6.04. The van der Waals surface area contributed by atoms with Gasteiger partial charge in [0.1, 0.15) is 5.82 Å². The number of amides is 1. The number of hydrogen-bond donors (Lipinski definition) is 3. The van der Waals surface area contributed by atoms with E-state index < -0.39 is 11.7 Å². The van der Waals surface area contributed by atoms with E-state index in [2.05, 4.69) is 15.7 Å². The first-order valence-corrected chi connectivity index (χ1v) is 5.71. The third-order valence-electron chi connectivity index (χ3n) is 2.58. The number of hydrogen-bond acceptors (Lipinski definition) is 5. The van der Waals surface area contributed by atoms with Gasteiger partial charge in [0, 0.05) is 18.0 Å². The zero-order valence-electron chi connectivity index (χ0n) is 10.7. The molecule has 104 valence electrons. The molecular formula is C13H13FN4O2. The lowest BCUT2D eigenvalue weighted by Crippen LogP contribution is -2.13. The maximum Gasteiger partial charge on any atom is 0.257 e. The molecule has 0 fully saturated rings. The summed E-state index contributed by atoms with van der Waals surface area (Å²) in [5.74, 6) is 4.79. The Morgan fingerprint density at radius 2 is 2.15 bits per heavy atom. The van der Waals surface area contributed by atoms with Crippen molar-refractivity contribution in [3.63, 3.8) is 0 Å². The molecule has 0 bridgehead atoms. The quantitative estimate of drug-likeness (QED) is 0.585. The van der Waals surface area contributed by atoms with E-state index in [4.69, 9.17) is 10.6 Å². The largest absolute Gasteiger partial charge is 0.494 e. The Hall–Kier alpha value is -2.67. The number of aromatic nitrogens is 1. The van der Waals surface area contributed by atoms with Crippen LogP contribution in [0, 0.1) is 5.82 Å². The lowest BCUT2D eigenvalue weighted by Gasteiger charge is -2.07. The van der Waals surface area contributed by atoms with E-state index in [0.717, 1.165) is 0 Å². The lowest BCUT2D eigenvalue weighted by molar-refractivity contribution is 0.102. The summed E-state index contributed by atoms with van der Waals surface area (Å²) in [6.45, 7) is 0. The minimum absolute atomic E-state index is 0.114. The lowest BCUT2D eigenvalue weighted by atomic mass is 10.2. The number of nitrogens with one attached hydrogen (secondary N) is 2. The molecular weight excluding hydrogens is 263 g/mol. The van der Waals surface area contributed by atoms with Gasteiger partial charge in [0.25, 0.3) is 5.91 Å². The number of hydrazine groups is 1. The topological polar surface area (TPSA) is 89.3 Å². The van der Waals surface area contributed by atoms with E-state index in [1.165, 1.54) is 25.4 Å². The molecule has 0 unspecified atom stereocenters. The van der Waals surface area contributed by atoms with Gasteiger partial charge in [-0.25, -0.2) is 15.2 Å². The third-order valence-corrected chi connectivity index (χ3v) is 2.58. The fourth-order valence-electron chi connectivity index (χ4n) is 1.56. The molecule has 2 rings (SSSR count). The van der Waals surface area contributed by atoms with Crippen molar-refractivity contribution in [2.75, 3.05) is 17.9 Å². The molecule has 0 aliphatic rings. The van der Waals surface area contributed by atoms with Crippen LogP contribution >= 0.6 is 0 Å². The third kappa shape index (κ3) is 3.01. The Balaban J connectivity index is 2.12. The van der Waals surface area contributed by atoms with Crippen LogP contribution in [0.4, 0.5) is 15.9 Å². The van der Waals surface area contributed by atoms with Gasteiger partial charge in [-0.2, -0.15) is 0 Å². The summed E-state index contributed by atoms with van der Waals surface area (Å²) < 4.78 is 18.3. The summed E-state index contributed by atoms with van der Waals surface area (Å²) in [6.07, 6.45) is 1.37. The number of nitrogen functional groups attached to an aromatic ring is 1. The van der Waals surface area contributed by atoms with E-state index in [-0.39, 0.29) is 5.75 Å². The van der Waals surface area contributed by atoms with Crippen LogP contribution in [0.15, 0.2) is 36.5 Å². The smallest absolute Gasteiger partial charge is 0.257 e. The Morgan fingerprint density at radius 3 is 2.70 bits per heavy atom. The van der Waals surface area contributed by atoms with Crippen LogP contribution in [0.25, 0.3) is 0 Å². The van der Waals surface area contributed by atoms with Crippen LogP contribution in [0.5, 0.6) is 5.75 Å². The Morgan fingerprint density at radius 1 is 1.35 bits per heavy atom. The maximum absolute atomic E-state index is 13.5. The van der Waals surface area contributed by atoms with Crippen LogP contribution in [0.1, 0.15) is 10.4 Å². The summed E-state index contributed by atoms with van der Waals surface area (Å²) in [6, 6.07) is 7.27. The molecule has 1 heterocycles. The number of rotatable bonds is 4. The van der Waals surface area contributed by atoms with Crippen molar-refractivity contribution in [3.05, 3.63) is 47.9 Å². The molecule has 0 aliphatic carbocycles. The van der Waals surface area contributed by atoms with Gasteiger partial charge in [0.2, 0.25) is 0 Å². The minimum Gasteiger partial charge on any atom is -0.494 e. The monoisotopic (exact) mass is 276 g/mol. The molecule has 1 aromatic heterocycles. The first kappa shape index (κ1) is 13.8. The molecule has 6 nitrogen and oxygen atoms in total. The van der Waals surface area contributed by atoms with E-state index in [1.807, 2.05) is 0 Å². The zero-order valence-corrected chi connectivity index (χ0v) is 10.7. The van der Waals surface area contributed by atoms with E-state index in [0.29, 0.717) is 17.1 Å². The van der Waals surface area contributed by atoms with Crippen LogP contribution in [0.2, 0.25) is 0 Å². The average molecular weight is 276 g/mol. The number of halogens is 1. The van der Waals surface area contributed by atoms with Gasteiger partial charge >= 0.3 is 0 Å². The van der Waals surface area contributed by atoms with Gasteiger partial charge < -0.3 is 15.5 Å². The van der Waals surface area contributed by atoms with Crippen molar-refractivity contribution in [2.24, 2.45) is 5.84 Å². The van der Waals surface area contributed by atoms with Crippen LogP contribution in [0.3, 0.4) is 0 Å². The summed E-state index contributed by atoms with van der Waals surface area (Å²) in [4.78, 5) is 15.8. The molecule has 0 aliphatic heterocycles. The van der Waals surface area contributed by atoms with Crippen LogP contribution in [-0.2, 0) is 0 Å². The number of nitrogens with two attached hydrogens (primary N) is 1. The highest BCUT2D eigenvalue weighted by Gasteiger charge is 2.09. The number of carbonyl (C=O) groups is 1. The Labute approximate surface area is 114 Å². The zero-order chi connectivity index (χ0) is 14.5. The summed E-state index contributed by atoms with van der Waals surface area (Å²) in [5, 5.41) is 2.56. The standard InChI is InChI=1S/C13H13FN4O2/c1-20-11-4-3-9(6-10(11)14)17-13(19)8-2-5-12(18-15)16-7-8/h2-7H,15H2,1H3,(H,16,18)(H,17,19). The van der Waals surface area contributed by atoms with Crippen molar-refractivity contribution < 1.29 is 13.9 Å². The molecule has 0 atom stereocenters. The first-order chi connectivity index (χ1) is 9.63. The normalized spacial score (nSPS) is 9.95. The fraction of sp³-hybridized carbons (Fsp3) is 0.0769. The maximum atomic E-state index is 13.5. The molecule has 0 radical (unpaired) electrons. The molecule has 4 N–H and O–H groups in total. The van der Waals surface area contributed by atoms with Gasteiger partial charge in [-0.3, -0.25) is 4.79 Å². The SMILES string of the molecule is COc1ccc(NC(=O)c2ccc(NN)nc2)cc1F. The fourth-order valence-corrected chi connectivity index (χ4v) is 1.56. The molecule has 2 aromatic rings. The van der Waals surface area contributed by atoms with E-state index in [9.17, 15) is 9.18 Å². The number of nitrogens with zero attached hydrogens (tertiary/aromatic N) is 1. The highest BCUT2D eigenvalue weighted by Crippen LogP contribution is 2.21. The molecule has 0 saturated heterocycles. The minimum atomic E-state index is -0.550. The van der Waals surface area contributed by atoms with Gasteiger partial charge in [-0.05, 0) is 24.3 Å². The summed E-state index contributed by atoms with van der Waals surface area (Å²) in [7, 11) is 1.37. The number of benzene rings is 1. The van der Waals surface area contributed by atoms with Gasteiger partial charge in [0.15, 0.2) is 11.6 Å². The number of pyridine rings is 1. The Bertz CT molecular complexity index is 616. The molecule has 0 saturated carbocycles. The summed E-state index contributed by atoms with van der Waals surface area (Å²) in [5.41, 5.74) is 3.02. The molecule has 0 spiro atoms. The number of carbonyl (C=O) groups excluding carboxylic acids is 1. The van der Waals surface area contributed by atoms with Gasteiger partial charge in [0.05, 0.1) is 12.7 Å². The highest BCUT2D eigenvalue weighted by atomic mass is 19.1. The van der Waals surface area contributed by atoms with Crippen molar-refractivity contribution in [2.45, 2.75) is 0 Å². The second-order valence-corrected chi connectivity index (χ2v) is 3.88. The summed E-state index contributed by atoms with van der Waals surface area (Å²) >= 11 is 0. The van der Waals surface area contributed by atoms with Crippen molar-refractivity contribution >= 4 is 17.4 Å². The number of ether oxygens (including phenoxy) is 1. The predicted octanol–water partition coefficient (Wildman–Crippen LogP) is 1.77. The van der Waals surface area contributed by atoms with Crippen LogP contribution in [-0.4, -0.2) is 18.0 Å². The average Bonchev–Trinajstić information content (AvgIpc) is 2.47. The molecule has 20 heavy (non-hydrogen) atoms. The second-order valence-electron chi connectivity index (χ2n) is 3.88. The number of anilines is 2. The van der Waals surface area contributed by atoms with Crippen molar-refractivity contribution in [1.82, 2.24) is 4.98 Å². The van der Waals surface area contributed by atoms with Crippen molar-refractivity contribution in [1.29, 1.82) is 0 Å². The van der Waals surface area contributed by atoms with Gasteiger partial charge in [-0.15, -0.1) is 0 Å². The number of methoxy groups -OCH3 is 1. The first-order valence-electron chi connectivity index (χ1n) is 5.71. The predicted molar refractivity (Wildman–Crippen MR) is 73.0 cm³/mol.